The van der Waals surface area contributed by atoms with Crippen LogP contribution in [0.3, 0.4) is 0 Å². The molecule has 1 aromatic carbocycles. The lowest BCUT2D eigenvalue weighted by atomic mass is 10.2. The van der Waals surface area contributed by atoms with E-state index in [1.165, 1.54) is 12.1 Å². The molecule has 1 heterocycles. The fourth-order valence-electron chi connectivity index (χ4n) is 2.34. The van der Waals surface area contributed by atoms with Gasteiger partial charge >= 0.3 is 0 Å². The number of non-ortho nitro benzene ring substituents is 1. The first kappa shape index (κ1) is 16.1. The summed E-state index contributed by atoms with van der Waals surface area (Å²) in [4.78, 5) is 17.1. The van der Waals surface area contributed by atoms with Gasteiger partial charge < -0.3 is 0 Å². The van der Waals surface area contributed by atoms with Gasteiger partial charge in [0.2, 0.25) is 0 Å². The van der Waals surface area contributed by atoms with Crippen molar-refractivity contribution < 1.29 is 4.92 Å². The Bertz CT molecular complexity index is 603. The Morgan fingerprint density at radius 2 is 1.82 bits per heavy atom. The summed E-state index contributed by atoms with van der Waals surface area (Å²) in [5.74, 6) is 1.38. The Hall–Kier alpha value is -2.28. The zero-order chi connectivity index (χ0) is 15.9. The van der Waals surface area contributed by atoms with Crippen LogP contribution in [0.1, 0.15) is 32.5 Å². The average Bonchev–Trinajstić information content (AvgIpc) is 2.96. The Morgan fingerprint density at radius 1 is 1.18 bits per heavy atom. The second-order valence-electron chi connectivity index (χ2n) is 5.19. The van der Waals surface area contributed by atoms with E-state index in [1.54, 1.807) is 12.1 Å². The summed E-state index contributed by atoms with van der Waals surface area (Å²) < 4.78 is 0. The van der Waals surface area contributed by atoms with Crippen LogP contribution >= 0.6 is 0 Å². The minimum Gasteiger partial charge on any atom is -0.296 e. The molecule has 0 fully saturated rings. The molecule has 0 amide bonds. The second kappa shape index (κ2) is 7.65. The van der Waals surface area contributed by atoms with Crippen LogP contribution < -0.4 is 0 Å². The van der Waals surface area contributed by atoms with Gasteiger partial charge in [-0.25, -0.2) is 4.98 Å². The number of hydrogen-bond acceptors (Lipinski definition) is 5. The van der Waals surface area contributed by atoms with E-state index in [-0.39, 0.29) is 5.69 Å². The minimum absolute atomic E-state index is 0.0663. The molecule has 22 heavy (non-hydrogen) atoms. The molecule has 0 saturated heterocycles. The molecule has 0 aliphatic rings. The van der Waals surface area contributed by atoms with Crippen molar-refractivity contribution in [3.63, 3.8) is 0 Å². The maximum absolute atomic E-state index is 10.7. The number of H-pyrrole nitrogens is 1. The molecule has 7 heteroatoms. The molecule has 0 unspecified atom stereocenters. The Morgan fingerprint density at radius 3 is 2.36 bits per heavy atom. The number of benzene rings is 1. The van der Waals surface area contributed by atoms with Gasteiger partial charge in [-0.1, -0.05) is 13.8 Å². The molecule has 0 radical (unpaired) electrons. The number of nitrogens with one attached hydrogen (secondary N) is 1. The van der Waals surface area contributed by atoms with E-state index in [4.69, 9.17) is 0 Å². The van der Waals surface area contributed by atoms with E-state index in [2.05, 4.69) is 33.9 Å². The van der Waals surface area contributed by atoms with Gasteiger partial charge in [-0.3, -0.25) is 20.1 Å². The molecule has 0 bridgehead atoms. The highest BCUT2D eigenvalue weighted by Gasteiger charge is 2.11. The molecule has 0 atom stereocenters. The monoisotopic (exact) mass is 303 g/mol. The normalized spacial score (nSPS) is 11.0. The second-order valence-corrected chi connectivity index (χ2v) is 5.19. The summed E-state index contributed by atoms with van der Waals surface area (Å²) in [6.45, 7) is 7.11. The molecule has 0 aliphatic heterocycles. The van der Waals surface area contributed by atoms with Gasteiger partial charge in [-0.05, 0) is 38.1 Å². The number of nitro benzene ring substituents is 1. The van der Waals surface area contributed by atoms with E-state index < -0.39 is 4.92 Å². The molecular formula is C15H21N5O2. The fraction of sp³-hybridized carbons (Fsp3) is 0.467. The van der Waals surface area contributed by atoms with Crippen molar-refractivity contribution in [1.29, 1.82) is 0 Å². The lowest BCUT2D eigenvalue weighted by Gasteiger charge is -2.18. The van der Waals surface area contributed by atoms with Crippen molar-refractivity contribution in [1.82, 2.24) is 20.1 Å². The molecule has 118 valence electrons. The van der Waals surface area contributed by atoms with E-state index in [1.807, 2.05) is 0 Å². The van der Waals surface area contributed by atoms with Crippen molar-refractivity contribution in [3.05, 3.63) is 40.2 Å². The van der Waals surface area contributed by atoms with E-state index in [0.717, 1.165) is 43.9 Å². The lowest BCUT2D eigenvalue weighted by molar-refractivity contribution is -0.384. The molecule has 0 aliphatic carbocycles. The smallest absolute Gasteiger partial charge is 0.269 e. The van der Waals surface area contributed by atoms with Crippen molar-refractivity contribution in [2.24, 2.45) is 0 Å². The van der Waals surface area contributed by atoms with Crippen molar-refractivity contribution in [2.45, 2.75) is 33.2 Å². The Balaban J connectivity index is 2.08. The number of nitro groups is 1. The van der Waals surface area contributed by atoms with E-state index in [9.17, 15) is 10.1 Å². The third kappa shape index (κ3) is 4.11. The summed E-state index contributed by atoms with van der Waals surface area (Å²) in [7, 11) is 0. The maximum atomic E-state index is 10.7. The standard InChI is InChI=1S/C15H21N5O2/c1-3-9-19(10-4-2)11-14-16-15(18-17-14)12-5-7-13(8-6-12)20(21)22/h5-8H,3-4,9-11H2,1-2H3,(H,16,17,18). The van der Waals surface area contributed by atoms with Crippen LogP contribution in [-0.2, 0) is 6.54 Å². The van der Waals surface area contributed by atoms with Gasteiger partial charge in [0, 0.05) is 17.7 Å². The predicted molar refractivity (Wildman–Crippen MR) is 84.3 cm³/mol. The molecule has 0 saturated carbocycles. The van der Waals surface area contributed by atoms with Gasteiger partial charge in [0.05, 0.1) is 11.5 Å². The van der Waals surface area contributed by atoms with Gasteiger partial charge in [0.25, 0.3) is 5.69 Å². The average molecular weight is 303 g/mol. The van der Waals surface area contributed by atoms with E-state index in [0.29, 0.717) is 5.82 Å². The number of rotatable bonds is 8. The fourth-order valence-corrected chi connectivity index (χ4v) is 2.34. The van der Waals surface area contributed by atoms with Crippen molar-refractivity contribution >= 4 is 5.69 Å². The maximum Gasteiger partial charge on any atom is 0.269 e. The molecule has 0 spiro atoms. The largest absolute Gasteiger partial charge is 0.296 e. The molecule has 1 N–H and O–H groups in total. The number of hydrogen-bond donors (Lipinski definition) is 1. The first-order chi connectivity index (χ1) is 10.6. The van der Waals surface area contributed by atoms with Crippen molar-refractivity contribution in [2.75, 3.05) is 13.1 Å². The lowest BCUT2D eigenvalue weighted by Crippen LogP contribution is -2.25. The number of aromatic nitrogens is 3. The van der Waals surface area contributed by atoms with Crippen LogP contribution in [0.25, 0.3) is 11.4 Å². The third-order valence-electron chi connectivity index (χ3n) is 3.32. The van der Waals surface area contributed by atoms with Gasteiger partial charge in [-0.15, -0.1) is 0 Å². The van der Waals surface area contributed by atoms with Crippen LogP contribution in [-0.4, -0.2) is 38.1 Å². The first-order valence-electron chi connectivity index (χ1n) is 7.52. The highest BCUT2D eigenvalue weighted by molar-refractivity contribution is 5.56. The Kier molecular flexibility index (Phi) is 5.60. The van der Waals surface area contributed by atoms with Gasteiger partial charge in [0.1, 0.15) is 5.82 Å². The summed E-state index contributed by atoms with van der Waals surface area (Å²) in [5, 5.41) is 17.8. The number of nitrogens with zero attached hydrogens (tertiary/aromatic N) is 4. The highest BCUT2D eigenvalue weighted by atomic mass is 16.6. The summed E-state index contributed by atoms with van der Waals surface area (Å²) >= 11 is 0. The molecule has 1 aromatic heterocycles. The Labute approximate surface area is 129 Å². The van der Waals surface area contributed by atoms with Crippen molar-refractivity contribution in [3.8, 4) is 11.4 Å². The van der Waals surface area contributed by atoms with Crippen LogP contribution in [0, 0.1) is 10.1 Å². The first-order valence-corrected chi connectivity index (χ1v) is 7.52. The molecule has 7 nitrogen and oxygen atoms in total. The number of aromatic amines is 1. The zero-order valence-electron chi connectivity index (χ0n) is 13.0. The zero-order valence-corrected chi connectivity index (χ0v) is 13.0. The summed E-state index contributed by atoms with van der Waals surface area (Å²) in [6.07, 6.45) is 2.20. The van der Waals surface area contributed by atoms with Crippen LogP contribution in [0.2, 0.25) is 0 Å². The minimum atomic E-state index is -0.416. The summed E-state index contributed by atoms with van der Waals surface area (Å²) in [6, 6.07) is 6.26. The predicted octanol–water partition coefficient (Wildman–Crippen LogP) is 3.00. The topological polar surface area (TPSA) is 87.9 Å². The molecule has 2 rings (SSSR count). The van der Waals surface area contributed by atoms with Crippen LogP contribution in [0.15, 0.2) is 24.3 Å². The van der Waals surface area contributed by atoms with Gasteiger partial charge in [0.15, 0.2) is 5.82 Å². The molecule has 2 aromatic rings. The van der Waals surface area contributed by atoms with E-state index >= 15 is 0 Å². The van der Waals surface area contributed by atoms with Gasteiger partial charge in [-0.2, -0.15) is 5.10 Å². The van der Waals surface area contributed by atoms with Crippen LogP contribution in [0.5, 0.6) is 0 Å². The SMILES string of the molecule is CCCN(CCC)Cc1nc(-c2ccc([N+](=O)[O-])cc2)n[nH]1. The third-order valence-corrected chi connectivity index (χ3v) is 3.32. The quantitative estimate of drug-likeness (QED) is 0.598. The summed E-state index contributed by atoms with van der Waals surface area (Å²) in [5.41, 5.74) is 0.835. The molecular weight excluding hydrogens is 282 g/mol. The highest BCUT2D eigenvalue weighted by Crippen LogP contribution is 2.19. The van der Waals surface area contributed by atoms with Crippen LogP contribution in [0.4, 0.5) is 5.69 Å².